The Morgan fingerprint density at radius 1 is 1.20 bits per heavy atom. The predicted octanol–water partition coefficient (Wildman–Crippen LogP) is 3.33. The van der Waals surface area contributed by atoms with Crippen molar-refractivity contribution in [2.45, 2.75) is 52.1 Å². The van der Waals surface area contributed by atoms with E-state index < -0.39 is 0 Å². The Hall–Kier alpha value is -1.35. The Labute approximate surface area is 123 Å². The number of hydrogen-bond donors (Lipinski definition) is 1. The zero-order valence-corrected chi connectivity index (χ0v) is 13.6. The van der Waals surface area contributed by atoms with Gasteiger partial charge in [0.2, 0.25) is 5.91 Å². The minimum atomic E-state index is -0.123. The second kappa shape index (κ2) is 7.44. The van der Waals surface area contributed by atoms with Gasteiger partial charge in [-0.3, -0.25) is 9.69 Å². The van der Waals surface area contributed by atoms with Crippen LogP contribution in [-0.2, 0) is 4.79 Å². The van der Waals surface area contributed by atoms with Crippen LogP contribution in [0.1, 0.15) is 57.1 Å². The van der Waals surface area contributed by atoms with E-state index in [9.17, 15) is 4.79 Å². The van der Waals surface area contributed by atoms with Gasteiger partial charge in [-0.15, -0.1) is 0 Å². The van der Waals surface area contributed by atoms with E-state index in [1.54, 1.807) is 0 Å². The van der Waals surface area contributed by atoms with Crippen molar-refractivity contribution in [3.8, 4) is 0 Å². The van der Waals surface area contributed by atoms with Crippen LogP contribution < -0.4 is 5.32 Å². The van der Waals surface area contributed by atoms with E-state index in [0.717, 1.165) is 12.0 Å². The summed E-state index contributed by atoms with van der Waals surface area (Å²) in [5.41, 5.74) is 2.36. The largest absolute Gasteiger partial charge is 0.340 e. The number of benzene rings is 1. The highest BCUT2D eigenvalue weighted by Gasteiger charge is 2.19. The van der Waals surface area contributed by atoms with Gasteiger partial charge in [-0.1, -0.05) is 45.0 Å². The van der Waals surface area contributed by atoms with Gasteiger partial charge in [-0.05, 0) is 44.5 Å². The second-order valence-corrected chi connectivity index (χ2v) is 5.94. The molecule has 0 aliphatic heterocycles. The molecule has 1 N–H and O–H groups in total. The summed E-state index contributed by atoms with van der Waals surface area (Å²) >= 11 is 0. The van der Waals surface area contributed by atoms with E-state index in [2.05, 4.69) is 38.2 Å². The Morgan fingerprint density at radius 2 is 1.80 bits per heavy atom. The van der Waals surface area contributed by atoms with E-state index in [0.29, 0.717) is 5.92 Å². The van der Waals surface area contributed by atoms with Gasteiger partial charge in [0.05, 0.1) is 12.1 Å². The lowest BCUT2D eigenvalue weighted by molar-refractivity contribution is -0.124. The van der Waals surface area contributed by atoms with Crippen LogP contribution in [0, 0.1) is 0 Å². The molecule has 1 aromatic carbocycles. The molecule has 1 rings (SSSR count). The first-order chi connectivity index (χ1) is 9.36. The highest BCUT2D eigenvalue weighted by Crippen LogP contribution is 2.21. The molecule has 2 atom stereocenters. The van der Waals surface area contributed by atoms with Crippen LogP contribution in [-0.4, -0.2) is 31.1 Å². The molecule has 0 fully saturated rings. The molecular weight excluding hydrogens is 248 g/mol. The van der Waals surface area contributed by atoms with Crippen molar-refractivity contribution in [3.63, 3.8) is 0 Å². The summed E-state index contributed by atoms with van der Waals surface area (Å²) < 4.78 is 0. The Balaban J connectivity index is 2.81. The van der Waals surface area contributed by atoms with Crippen molar-refractivity contribution in [1.29, 1.82) is 0 Å². The number of carbonyl (C=O) groups is 1. The van der Waals surface area contributed by atoms with Crippen molar-refractivity contribution in [2.75, 3.05) is 14.1 Å². The highest BCUT2D eigenvalue weighted by molar-refractivity contribution is 5.83. The van der Waals surface area contributed by atoms with Gasteiger partial charge in [-0.2, -0.15) is 0 Å². The summed E-state index contributed by atoms with van der Waals surface area (Å²) in [5.74, 6) is 0.449. The molecule has 1 aromatic rings. The Morgan fingerprint density at radius 3 is 2.30 bits per heavy atom. The molecule has 0 heterocycles. The molecule has 1 amide bonds. The predicted molar refractivity (Wildman–Crippen MR) is 84.9 cm³/mol. The zero-order chi connectivity index (χ0) is 15.3. The van der Waals surface area contributed by atoms with Crippen molar-refractivity contribution in [3.05, 3.63) is 35.4 Å². The smallest absolute Gasteiger partial charge is 0.228 e. The molecular formula is C17H28N2O. The maximum Gasteiger partial charge on any atom is 0.228 e. The molecule has 0 spiro atoms. The summed E-state index contributed by atoms with van der Waals surface area (Å²) in [6.45, 7) is 8.39. The quantitative estimate of drug-likeness (QED) is 0.808. The number of carbonyl (C=O) groups excluding carboxylic acids is 1. The van der Waals surface area contributed by atoms with Crippen LogP contribution in [0.15, 0.2) is 24.3 Å². The van der Waals surface area contributed by atoms with Crippen LogP contribution in [0.4, 0.5) is 0 Å². The van der Waals surface area contributed by atoms with Crippen molar-refractivity contribution in [1.82, 2.24) is 10.2 Å². The molecule has 0 aliphatic rings. The van der Waals surface area contributed by atoms with Gasteiger partial charge in [0, 0.05) is 0 Å². The summed E-state index contributed by atoms with van der Waals surface area (Å²) in [4.78, 5) is 14.4. The number of nitrogens with one attached hydrogen (secondary N) is 1. The van der Waals surface area contributed by atoms with Crippen molar-refractivity contribution >= 4 is 5.91 Å². The van der Waals surface area contributed by atoms with Crippen LogP contribution in [0.3, 0.4) is 0 Å². The summed E-state index contributed by atoms with van der Waals surface area (Å²) in [7, 11) is 3.97. The normalized spacial score (nSPS) is 14.4. The molecule has 0 bridgehead atoms. The third-order valence-corrected chi connectivity index (χ3v) is 3.79. The van der Waals surface area contributed by atoms with E-state index in [1.807, 2.05) is 38.1 Å². The fraction of sp³-hybridized carbons (Fsp3) is 0.588. The summed E-state index contributed by atoms with van der Waals surface area (Å²) in [5, 5.41) is 3.10. The molecule has 1 unspecified atom stereocenters. The maximum atomic E-state index is 12.4. The van der Waals surface area contributed by atoms with Crippen molar-refractivity contribution in [2.24, 2.45) is 0 Å². The maximum absolute atomic E-state index is 12.4. The standard InChI is InChI=1S/C17H28N2O/c1-7-16(19(5)6)18-17(20)13(4)15-10-8-9-14(11-15)12(2)3/h8-13,16H,7H2,1-6H3,(H,18,20)/t13-,16?/m1/s1. The van der Waals surface area contributed by atoms with Gasteiger partial charge < -0.3 is 5.32 Å². The molecule has 112 valence electrons. The van der Waals surface area contributed by atoms with Crippen molar-refractivity contribution < 1.29 is 4.79 Å². The summed E-state index contributed by atoms with van der Waals surface area (Å²) in [6, 6.07) is 8.34. The van der Waals surface area contributed by atoms with Gasteiger partial charge in [-0.25, -0.2) is 0 Å². The average Bonchev–Trinajstić information content (AvgIpc) is 2.43. The fourth-order valence-corrected chi connectivity index (χ4v) is 2.22. The third kappa shape index (κ3) is 4.34. The number of hydrogen-bond acceptors (Lipinski definition) is 2. The molecule has 0 aromatic heterocycles. The molecule has 3 nitrogen and oxygen atoms in total. The van der Waals surface area contributed by atoms with E-state index in [4.69, 9.17) is 0 Å². The monoisotopic (exact) mass is 276 g/mol. The van der Waals surface area contributed by atoms with Gasteiger partial charge >= 0.3 is 0 Å². The molecule has 0 aliphatic carbocycles. The van der Waals surface area contributed by atoms with Gasteiger partial charge in [0.1, 0.15) is 0 Å². The average molecular weight is 276 g/mol. The summed E-state index contributed by atoms with van der Waals surface area (Å²) in [6.07, 6.45) is 0.996. The van der Waals surface area contributed by atoms with E-state index in [1.165, 1.54) is 5.56 Å². The SMILES string of the molecule is CCC(NC(=O)[C@H](C)c1cccc(C(C)C)c1)N(C)C. The lowest BCUT2D eigenvalue weighted by Gasteiger charge is -2.26. The molecule has 0 saturated carbocycles. The number of rotatable bonds is 6. The molecule has 0 radical (unpaired) electrons. The van der Waals surface area contributed by atoms with Crippen LogP contribution >= 0.6 is 0 Å². The van der Waals surface area contributed by atoms with Crippen LogP contribution in [0.2, 0.25) is 0 Å². The fourth-order valence-electron chi connectivity index (χ4n) is 2.22. The second-order valence-electron chi connectivity index (χ2n) is 5.94. The van der Waals surface area contributed by atoms with E-state index >= 15 is 0 Å². The van der Waals surface area contributed by atoms with E-state index in [-0.39, 0.29) is 18.0 Å². The first kappa shape index (κ1) is 16.7. The first-order valence-corrected chi connectivity index (χ1v) is 7.43. The minimum Gasteiger partial charge on any atom is -0.340 e. The third-order valence-electron chi connectivity index (χ3n) is 3.79. The molecule has 3 heteroatoms. The number of amides is 1. The Bertz CT molecular complexity index is 440. The van der Waals surface area contributed by atoms with Gasteiger partial charge in [0.25, 0.3) is 0 Å². The van der Waals surface area contributed by atoms with Crippen LogP contribution in [0.25, 0.3) is 0 Å². The van der Waals surface area contributed by atoms with Gasteiger partial charge in [0.15, 0.2) is 0 Å². The molecule has 20 heavy (non-hydrogen) atoms. The molecule has 0 saturated heterocycles. The highest BCUT2D eigenvalue weighted by atomic mass is 16.2. The zero-order valence-electron chi connectivity index (χ0n) is 13.6. The lowest BCUT2D eigenvalue weighted by atomic mass is 9.94. The Kier molecular flexibility index (Phi) is 6.21. The number of nitrogens with zero attached hydrogens (tertiary/aromatic N) is 1. The van der Waals surface area contributed by atoms with Crippen LogP contribution in [0.5, 0.6) is 0 Å². The lowest BCUT2D eigenvalue weighted by Crippen LogP contribution is -2.45. The first-order valence-electron chi connectivity index (χ1n) is 7.43. The minimum absolute atomic E-state index is 0.0893. The topological polar surface area (TPSA) is 32.3 Å².